The Balaban J connectivity index is 1.56. The molecule has 6 nitrogen and oxygen atoms in total. The molecule has 9 heteroatoms. The second-order valence-electron chi connectivity index (χ2n) is 4.88. The van der Waals surface area contributed by atoms with Gasteiger partial charge >= 0.3 is 5.97 Å². The van der Waals surface area contributed by atoms with Crippen LogP contribution >= 0.6 is 23.1 Å². The molecule has 0 bridgehead atoms. The number of nitrogens with zero attached hydrogens (tertiary/aromatic N) is 3. The topological polar surface area (TPSA) is 78.1 Å². The largest absolute Gasteiger partial charge is 0.466 e. The number of halogens is 1. The molecular formula is C16H14FN3O3S2. The number of carbonyl (C=O) groups excluding carboxylic acids is 1. The molecule has 0 N–H and O–H groups in total. The van der Waals surface area contributed by atoms with Gasteiger partial charge in [-0.15, -0.1) is 21.5 Å². The zero-order valence-corrected chi connectivity index (χ0v) is 14.9. The molecular weight excluding hydrogens is 365 g/mol. The van der Waals surface area contributed by atoms with Gasteiger partial charge in [0.15, 0.2) is 4.34 Å². The molecule has 2 heterocycles. The average molecular weight is 379 g/mol. The van der Waals surface area contributed by atoms with Gasteiger partial charge < -0.3 is 9.15 Å². The van der Waals surface area contributed by atoms with Crippen molar-refractivity contribution in [2.24, 2.45) is 0 Å². The first-order chi connectivity index (χ1) is 12.1. The first kappa shape index (κ1) is 17.6. The van der Waals surface area contributed by atoms with Gasteiger partial charge in [-0.3, -0.25) is 4.79 Å². The fourth-order valence-electron chi connectivity index (χ4n) is 1.94. The molecule has 0 aliphatic rings. The van der Waals surface area contributed by atoms with E-state index in [9.17, 15) is 9.18 Å². The first-order valence-electron chi connectivity index (χ1n) is 7.45. The second kappa shape index (κ2) is 8.21. The Hall–Kier alpha value is -2.26. The van der Waals surface area contributed by atoms with E-state index in [0.717, 1.165) is 4.34 Å². The Kier molecular flexibility index (Phi) is 5.77. The smallest absolute Gasteiger partial charge is 0.311 e. The molecule has 1 aromatic carbocycles. The lowest BCUT2D eigenvalue weighted by atomic mass is 10.2. The summed E-state index contributed by atoms with van der Waals surface area (Å²) < 4.78 is 24.2. The zero-order chi connectivity index (χ0) is 17.6. The third-order valence-electron chi connectivity index (χ3n) is 3.04. The maximum Gasteiger partial charge on any atom is 0.311 e. The van der Waals surface area contributed by atoms with Crippen LogP contribution in [0.2, 0.25) is 0 Å². The molecule has 3 aromatic rings. The van der Waals surface area contributed by atoms with Gasteiger partial charge in [0.2, 0.25) is 11.8 Å². The number of thiazole rings is 1. The van der Waals surface area contributed by atoms with Gasteiger partial charge in [0.05, 0.1) is 24.5 Å². The van der Waals surface area contributed by atoms with Gasteiger partial charge in [-0.1, -0.05) is 11.8 Å². The number of carbonyl (C=O) groups is 1. The van der Waals surface area contributed by atoms with Crippen molar-refractivity contribution in [1.29, 1.82) is 0 Å². The highest BCUT2D eigenvalue weighted by Gasteiger charge is 2.12. The van der Waals surface area contributed by atoms with Gasteiger partial charge in [-0.05, 0) is 31.2 Å². The number of hydrogen-bond donors (Lipinski definition) is 0. The van der Waals surface area contributed by atoms with Gasteiger partial charge in [0.1, 0.15) is 5.82 Å². The molecule has 0 fully saturated rings. The van der Waals surface area contributed by atoms with Crippen LogP contribution in [-0.4, -0.2) is 27.8 Å². The van der Waals surface area contributed by atoms with Crippen molar-refractivity contribution in [1.82, 2.24) is 15.2 Å². The summed E-state index contributed by atoms with van der Waals surface area (Å²) in [6, 6.07) is 5.85. The number of rotatable bonds is 7. The molecule has 25 heavy (non-hydrogen) atoms. The maximum absolute atomic E-state index is 12.9. The number of benzene rings is 1. The van der Waals surface area contributed by atoms with Crippen LogP contribution in [0.5, 0.6) is 0 Å². The van der Waals surface area contributed by atoms with Crippen molar-refractivity contribution in [3.8, 4) is 11.5 Å². The zero-order valence-electron chi connectivity index (χ0n) is 13.3. The molecule has 0 aliphatic carbocycles. The van der Waals surface area contributed by atoms with Gasteiger partial charge in [0.25, 0.3) is 0 Å². The van der Waals surface area contributed by atoms with Gasteiger partial charge in [-0.2, -0.15) is 0 Å². The van der Waals surface area contributed by atoms with Crippen molar-refractivity contribution >= 4 is 29.1 Å². The summed E-state index contributed by atoms with van der Waals surface area (Å²) in [5.74, 6) is 0.649. The fraction of sp³-hybridized carbons (Fsp3) is 0.250. The maximum atomic E-state index is 12.9. The predicted molar refractivity (Wildman–Crippen MR) is 91.7 cm³/mol. The Morgan fingerprint density at radius 3 is 2.88 bits per heavy atom. The quantitative estimate of drug-likeness (QED) is 0.457. The lowest BCUT2D eigenvalue weighted by Gasteiger charge is -1.98. The molecule has 0 atom stereocenters. The third-order valence-corrected chi connectivity index (χ3v) is 5.09. The number of thioether (sulfide) groups is 1. The van der Waals surface area contributed by atoms with E-state index in [1.807, 2.05) is 5.38 Å². The lowest BCUT2D eigenvalue weighted by molar-refractivity contribution is -0.142. The number of hydrogen-bond acceptors (Lipinski definition) is 8. The number of esters is 1. The van der Waals surface area contributed by atoms with Crippen LogP contribution in [0.1, 0.15) is 18.5 Å². The van der Waals surface area contributed by atoms with Crippen LogP contribution in [0.25, 0.3) is 11.5 Å². The summed E-state index contributed by atoms with van der Waals surface area (Å²) in [6.45, 7) is 2.13. The minimum Gasteiger partial charge on any atom is -0.466 e. The molecule has 130 valence electrons. The van der Waals surface area contributed by atoms with Crippen molar-refractivity contribution < 1.29 is 18.3 Å². The van der Waals surface area contributed by atoms with E-state index in [4.69, 9.17) is 9.15 Å². The van der Waals surface area contributed by atoms with E-state index in [1.165, 1.54) is 35.2 Å². The number of aromatic nitrogens is 3. The molecule has 0 radical (unpaired) electrons. The van der Waals surface area contributed by atoms with Crippen LogP contribution < -0.4 is 0 Å². The Morgan fingerprint density at radius 2 is 2.12 bits per heavy atom. The van der Waals surface area contributed by atoms with E-state index < -0.39 is 0 Å². The summed E-state index contributed by atoms with van der Waals surface area (Å²) in [5, 5.41) is 9.77. The van der Waals surface area contributed by atoms with Gasteiger partial charge in [-0.25, -0.2) is 9.37 Å². The molecule has 0 saturated heterocycles. The second-order valence-corrected chi connectivity index (χ2v) is 6.96. The van der Waals surface area contributed by atoms with Crippen LogP contribution in [0.4, 0.5) is 4.39 Å². The predicted octanol–water partition coefficient (Wildman–Crippen LogP) is 3.73. The summed E-state index contributed by atoms with van der Waals surface area (Å²) in [6.07, 6.45) is 0.167. The standard InChI is InChI=1S/C16H14FN3O3S2/c1-2-22-14(21)7-12-8-24-16(18-12)25-9-13-19-20-15(23-13)10-3-5-11(17)6-4-10/h3-6,8H,2,7,9H2,1H3. The summed E-state index contributed by atoms with van der Waals surface area (Å²) in [7, 11) is 0. The Bertz CT molecular complexity index is 848. The average Bonchev–Trinajstić information content (AvgIpc) is 3.23. The molecule has 0 spiro atoms. The first-order valence-corrected chi connectivity index (χ1v) is 9.31. The van der Waals surface area contributed by atoms with E-state index in [2.05, 4.69) is 15.2 Å². The Morgan fingerprint density at radius 1 is 1.32 bits per heavy atom. The molecule has 2 aromatic heterocycles. The minimum absolute atomic E-state index is 0.167. The number of ether oxygens (including phenoxy) is 1. The van der Waals surface area contributed by atoms with E-state index >= 15 is 0 Å². The van der Waals surface area contributed by atoms with E-state index in [1.54, 1.807) is 19.1 Å². The molecule has 3 rings (SSSR count). The van der Waals surface area contributed by atoms with Crippen molar-refractivity contribution in [3.05, 3.63) is 47.0 Å². The van der Waals surface area contributed by atoms with E-state index in [0.29, 0.717) is 35.4 Å². The fourth-order valence-corrected chi connectivity index (χ4v) is 3.62. The van der Waals surface area contributed by atoms with Crippen LogP contribution in [0.15, 0.2) is 38.4 Å². The normalized spacial score (nSPS) is 10.8. The van der Waals surface area contributed by atoms with E-state index in [-0.39, 0.29) is 18.2 Å². The molecule has 0 amide bonds. The van der Waals surface area contributed by atoms with Crippen molar-refractivity contribution in [2.45, 2.75) is 23.4 Å². The highest BCUT2D eigenvalue weighted by molar-refractivity contribution is 8.00. The van der Waals surface area contributed by atoms with Crippen LogP contribution in [0, 0.1) is 5.82 Å². The Labute approximate surface area is 151 Å². The minimum atomic E-state index is -0.318. The monoisotopic (exact) mass is 379 g/mol. The highest BCUT2D eigenvalue weighted by Crippen LogP contribution is 2.27. The van der Waals surface area contributed by atoms with Crippen LogP contribution in [-0.2, 0) is 21.7 Å². The SMILES string of the molecule is CCOC(=O)Cc1csc(SCc2nnc(-c3ccc(F)cc3)o2)n1. The summed E-state index contributed by atoms with van der Waals surface area (Å²) >= 11 is 2.89. The van der Waals surface area contributed by atoms with Crippen molar-refractivity contribution in [3.63, 3.8) is 0 Å². The summed E-state index contributed by atoms with van der Waals surface area (Å²) in [4.78, 5) is 15.8. The third kappa shape index (κ3) is 4.86. The molecule has 0 saturated carbocycles. The lowest BCUT2D eigenvalue weighted by Crippen LogP contribution is -2.07. The van der Waals surface area contributed by atoms with Crippen LogP contribution in [0.3, 0.4) is 0 Å². The summed E-state index contributed by atoms with van der Waals surface area (Å²) in [5.41, 5.74) is 1.35. The van der Waals surface area contributed by atoms with Gasteiger partial charge in [0, 0.05) is 10.9 Å². The molecule has 0 unspecified atom stereocenters. The highest BCUT2D eigenvalue weighted by atomic mass is 32.2. The molecule has 0 aliphatic heterocycles. The van der Waals surface area contributed by atoms with Crippen molar-refractivity contribution in [2.75, 3.05) is 6.61 Å².